The highest BCUT2D eigenvalue weighted by Gasteiger charge is 2.04. The van der Waals surface area contributed by atoms with Gasteiger partial charge in [-0.15, -0.1) is 0 Å². The molecule has 0 atom stereocenters. The molecule has 3 aromatic rings. The van der Waals surface area contributed by atoms with E-state index in [4.69, 9.17) is 18.6 Å². The molecule has 2 aromatic carbocycles. The summed E-state index contributed by atoms with van der Waals surface area (Å²) < 4.78 is 21.9. The van der Waals surface area contributed by atoms with E-state index in [0.717, 1.165) is 22.4 Å². The van der Waals surface area contributed by atoms with Gasteiger partial charge in [0.15, 0.2) is 0 Å². The molecule has 1 aromatic heterocycles. The van der Waals surface area contributed by atoms with Crippen molar-refractivity contribution in [3.63, 3.8) is 0 Å². The summed E-state index contributed by atoms with van der Waals surface area (Å²) in [5, 5.41) is 0.901. The zero-order valence-electron chi connectivity index (χ0n) is 14.3. The van der Waals surface area contributed by atoms with Crippen molar-refractivity contribution in [2.45, 2.75) is 13.8 Å². The Hall–Kier alpha value is -2.95. The first-order valence-corrected chi connectivity index (χ1v) is 8.18. The van der Waals surface area contributed by atoms with E-state index in [1.807, 2.05) is 50.2 Å². The van der Waals surface area contributed by atoms with Gasteiger partial charge in [0, 0.05) is 17.5 Å². The standard InChI is InChI=1S/C20H20O5/c1-3-22-15-4-6-16(7-5-15)23-10-11-24-17-8-9-18-14(2)12-20(21)25-19(18)13-17/h4-9,12-13H,3,10-11H2,1-2H3. The lowest BCUT2D eigenvalue weighted by Gasteiger charge is -2.10. The molecule has 0 saturated heterocycles. The van der Waals surface area contributed by atoms with Crippen molar-refractivity contribution in [3.05, 3.63) is 64.5 Å². The second-order valence-corrected chi connectivity index (χ2v) is 5.51. The van der Waals surface area contributed by atoms with E-state index in [1.54, 1.807) is 6.07 Å². The normalized spacial score (nSPS) is 10.6. The minimum Gasteiger partial charge on any atom is -0.494 e. The van der Waals surface area contributed by atoms with Gasteiger partial charge in [-0.3, -0.25) is 0 Å². The highest BCUT2D eigenvalue weighted by Crippen LogP contribution is 2.22. The minimum atomic E-state index is -0.360. The number of aryl methyl sites for hydroxylation is 1. The molecule has 0 aliphatic heterocycles. The van der Waals surface area contributed by atoms with Crippen LogP contribution in [0.3, 0.4) is 0 Å². The van der Waals surface area contributed by atoms with Gasteiger partial charge in [0.25, 0.3) is 0 Å². The zero-order valence-corrected chi connectivity index (χ0v) is 14.3. The molecule has 3 rings (SSSR count). The summed E-state index contributed by atoms with van der Waals surface area (Å²) in [6.07, 6.45) is 0. The number of hydrogen-bond donors (Lipinski definition) is 0. The lowest BCUT2D eigenvalue weighted by Crippen LogP contribution is -2.09. The molecule has 0 N–H and O–H groups in total. The Balaban J connectivity index is 1.55. The van der Waals surface area contributed by atoms with Gasteiger partial charge in [-0.25, -0.2) is 4.79 Å². The van der Waals surface area contributed by atoms with Crippen molar-refractivity contribution in [1.82, 2.24) is 0 Å². The molecule has 0 saturated carbocycles. The summed E-state index contributed by atoms with van der Waals surface area (Å²) in [5.41, 5.74) is 1.05. The van der Waals surface area contributed by atoms with Crippen molar-refractivity contribution >= 4 is 11.0 Å². The average molecular weight is 340 g/mol. The van der Waals surface area contributed by atoms with E-state index in [1.165, 1.54) is 6.07 Å². The Labute approximate surface area is 145 Å². The van der Waals surface area contributed by atoms with Crippen LogP contribution in [0.25, 0.3) is 11.0 Å². The van der Waals surface area contributed by atoms with Gasteiger partial charge >= 0.3 is 5.63 Å². The van der Waals surface area contributed by atoms with Crippen LogP contribution >= 0.6 is 0 Å². The largest absolute Gasteiger partial charge is 0.494 e. The summed E-state index contributed by atoms with van der Waals surface area (Å²) in [4.78, 5) is 11.5. The van der Waals surface area contributed by atoms with Gasteiger partial charge in [-0.05, 0) is 55.8 Å². The number of hydrogen-bond acceptors (Lipinski definition) is 5. The van der Waals surface area contributed by atoms with Gasteiger partial charge in [0.2, 0.25) is 0 Å². The predicted molar refractivity (Wildman–Crippen MR) is 95.8 cm³/mol. The van der Waals surface area contributed by atoms with Gasteiger partial charge in [0.1, 0.15) is 36.0 Å². The molecular weight excluding hydrogens is 320 g/mol. The highest BCUT2D eigenvalue weighted by molar-refractivity contribution is 5.81. The lowest BCUT2D eigenvalue weighted by atomic mass is 10.1. The molecule has 5 heteroatoms. The van der Waals surface area contributed by atoms with Crippen molar-refractivity contribution in [3.8, 4) is 17.2 Å². The molecule has 5 nitrogen and oxygen atoms in total. The maximum absolute atomic E-state index is 11.5. The van der Waals surface area contributed by atoms with E-state index in [0.29, 0.717) is 31.2 Å². The Morgan fingerprint density at radius 2 is 1.44 bits per heavy atom. The first-order chi connectivity index (χ1) is 12.2. The Morgan fingerprint density at radius 3 is 2.12 bits per heavy atom. The van der Waals surface area contributed by atoms with Crippen LogP contribution in [0.1, 0.15) is 12.5 Å². The smallest absolute Gasteiger partial charge is 0.336 e. The van der Waals surface area contributed by atoms with Crippen LogP contribution in [0.5, 0.6) is 17.2 Å². The van der Waals surface area contributed by atoms with Crippen LogP contribution in [0.15, 0.2) is 57.7 Å². The third-order valence-corrected chi connectivity index (χ3v) is 3.68. The van der Waals surface area contributed by atoms with E-state index in [-0.39, 0.29) is 5.63 Å². The predicted octanol–water partition coefficient (Wildman–Crippen LogP) is 3.96. The van der Waals surface area contributed by atoms with Crippen LogP contribution in [0.2, 0.25) is 0 Å². The number of benzene rings is 2. The van der Waals surface area contributed by atoms with Crippen LogP contribution in [-0.2, 0) is 0 Å². The molecule has 0 amide bonds. The first-order valence-electron chi connectivity index (χ1n) is 8.18. The molecule has 25 heavy (non-hydrogen) atoms. The average Bonchev–Trinajstić information content (AvgIpc) is 2.60. The Bertz CT molecular complexity index is 896. The maximum Gasteiger partial charge on any atom is 0.336 e. The van der Waals surface area contributed by atoms with Crippen molar-refractivity contribution < 1.29 is 18.6 Å². The fourth-order valence-corrected chi connectivity index (χ4v) is 2.51. The fraction of sp³-hybridized carbons (Fsp3) is 0.250. The van der Waals surface area contributed by atoms with Crippen molar-refractivity contribution in [1.29, 1.82) is 0 Å². The summed E-state index contributed by atoms with van der Waals surface area (Å²) in [7, 11) is 0. The SMILES string of the molecule is CCOc1ccc(OCCOc2ccc3c(C)cc(=O)oc3c2)cc1. The van der Waals surface area contributed by atoms with E-state index in [9.17, 15) is 4.79 Å². The van der Waals surface area contributed by atoms with Crippen molar-refractivity contribution in [2.75, 3.05) is 19.8 Å². The second-order valence-electron chi connectivity index (χ2n) is 5.51. The van der Waals surface area contributed by atoms with Gasteiger partial charge < -0.3 is 18.6 Å². The summed E-state index contributed by atoms with van der Waals surface area (Å²) >= 11 is 0. The van der Waals surface area contributed by atoms with Gasteiger partial charge in [-0.1, -0.05) is 0 Å². The van der Waals surface area contributed by atoms with Crippen molar-refractivity contribution in [2.24, 2.45) is 0 Å². The van der Waals surface area contributed by atoms with E-state index in [2.05, 4.69) is 0 Å². The quantitative estimate of drug-likeness (QED) is 0.481. The third-order valence-electron chi connectivity index (χ3n) is 3.68. The van der Waals surface area contributed by atoms with Crippen LogP contribution in [-0.4, -0.2) is 19.8 Å². The topological polar surface area (TPSA) is 57.9 Å². The van der Waals surface area contributed by atoms with Crippen LogP contribution in [0, 0.1) is 6.92 Å². The molecule has 1 heterocycles. The molecule has 0 aliphatic rings. The van der Waals surface area contributed by atoms with Gasteiger partial charge in [0.05, 0.1) is 6.61 Å². The monoisotopic (exact) mass is 340 g/mol. The number of fused-ring (bicyclic) bond motifs is 1. The third kappa shape index (κ3) is 4.32. The molecule has 0 radical (unpaired) electrons. The van der Waals surface area contributed by atoms with E-state index < -0.39 is 0 Å². The fourth-order valence-electron chi connectivity index (χ4n) is 2.51. The minimum absolute atomic E-state index is 0.360. The molecule has 0 unspecified atom stereocenters. The Kier molecular flexibility index (Phi) is 5.23. The lowest BCUT2D eigenvalue weighted by molar-refractivity contribution is 0.217. The highest BCUT2D eigenvalue weighted by atomic mass is 16.5. The molecular formula is C20H20O5. The number of ether oxygens (including phenoxy) is 3. The molecule has 0 aliphatic carbocycles. The molecule has 0 bridgehead atoms. The summed E-state index contributed by atoms with van der Waals surface area (Å²) in [6, 6.07) is 14.4. The first kappa shape index (κ1) is 16.9. The zero-order chi connectivity index (χ0) is 17.6. The maximum atomic E-state index is 11.5. The van der Waals surface area contributed by atoms with Crippen LogP contribution in [0.4, 0.5) is 0 Å². The van der Waals surface area contributed by atoms with Crippen LogP contribution < -0.4 is 19.8 Å². The number of rotatable bonds is 7. The Morgan fingerprint density at radius 1 is 0.840 bits per heavy atom. The molecule has 130 valence electrons. The summed E-state index contributed by atoms with van der Waals surface area (Å²) in [6.45, 7) is 5.25. The molecule has 0 fully saturated rings. The van der Waals surface area contributed by atoms with Gasteiger partial charge in [-0.2, -0.15) is 0 Å². The summed E-state index contributed by atoms with van der Waals surface area (Å²) in [5.74, 6) is 2.21. The second kappa shape index (κ2) is 7.75. The molecule has 0 spiro atoms. The van der Waals surface area contributed by atoms with E-state index >= 15 is 0 Å².